The third-order valence-corrected chi connectivity index (χ3v) is 4.07. The summed E-state index contributed by atoms with van der Waals surface area (Å²) in [7, 11) is 1.53. The monoisotopic (exact) mass is 418 g/mol. The van der Waals surface area contributed by atoms with Gasteiger partial charge in [-0.25, -0.2) is 0 Å². The number of ether oxygens (including phenoxy) is 2. The van der Waals surface area contributed by atoms with Crippen molar-refractivity contribution in [3.63, 3.8) is 0 Å². The second kappa shape index (κ2) is 9.88. The van der Waals surface area contributed by atoms with Gasteiger partial charge in [0.1, 0.15) is 11.5 Å². The Balaban J connectivity index is 0.00000312. The summed E-state index contributed by atoms with van der Waals surface area (Å²) in [5.41, 5.74) is 0.537. The maximum Gasteiger partial charge on any atom is 0.573 e. The molecule has 26 heavy (non-hydrogen) atoms. The number of rotatable bonds is 4. The molecular formula is C17H27Cl2F3N2O2. The minimum atomic E-state index is -4.71. The minimum Gasteiger partial charge on any atom is -0.496 e. The molecule has 2 rings (SSSR count). The molecule has 1 aromatic carbocycles. The lowest BCUT2D eigenvalue weighted by Crippen LogP contribution is -2.48. The van der Waals surface area contributed by atoms with Gasteiger partial charge in [0.05, 0.1) is 7.11 Å². The van der Waals surface area contributed by atoms with Gasteiger partial charge >= 0.3 is 6.36 Å². The molecule has 9 heteroatoms. The van der Waals surface area contributed by atoms with E-state index < -0.39 is 6.36 Å². The molecule has 0 amide bonds. The Labute approximate surface area is 165 Å². The maximum atomic E-state index is 12.6. The number of alkyl halides is 3. The summed E-state index contributed by atoms with van der Waals surface area (Å²) in [5, 5.41) is 3.30. The fourth-order valence-corrected chi connectivity index (χ4v) is 3.27. The van der Waals surface area contributed by atoms with Gasteiger partial charge in [-0.05, 0) is 23.6 Å². The Morgan fingerprint density at radius 1 is 1.08 bits per heavy atom. The summed E-state index contributed by atoms with van der Waals surface area (Å²) in [6, 6.07) is 4.20. The standard InChI is InChI=1S/C17H25F3N2O2.2ClH/c1-16(2,3)15(22-9-7-21-8-10-22)13-11-12(24-17(18,19)20)5-6-14(13)23-4;;/h5-6,11,15,21H,7-10H2,1-4H3;2*1H/t15-;;/m1../s1. The van der Waals surface area contributed by atoms with Crippen molar-refractivity contribution in [2.24, 2.45) is 5.41 Å². The van der Waals surface area contributed by atoms with E-state index in [0.717, 1.165) is 26.2 Å². The molecule has 1 saturated heterocycles. The highest BCUT2D eigenvalue weighted by molar-refractivity contribution is 5.85. The lowest BCUT2D eigenvalue weighted by atomic mass is 9.80. The van der Waals surface area contributed by atoms with Crippen molar-refractivity contribution in [1.29, 1.82) is 0 Å². The Morgan fingerprint density at radius 3 is 2.12 bits per heavy atom. The molecule has 1 aromatic rings. The topological polar surface area (TPSA) is 33.7 Å². The van der Waals surface area contributed by atoms with Crippen molar-refractivity contribution in [3.05, 3.63) is 23.8 Å². The molecule has 0 spiro atoms. The van der Waals surface area contributed by atoms with Gasteiger partial charge in [0, 0.05) is 37.8 Å². The van der Waals surface area contributed by atoms with Gasteiger partial charge in [0.25, 0.3) is 0 Å². The summed E-state index contributed by atoms with van der Waals surface area (Å²) in [5.74, 6) is 0.352. The highest BCUT2D eigenvalue weighted by Crippen LogP contribution is 2.43. The average molecular weight is 419 g/mol. The highest BCUT2D eigenvalue weighted by Gasteiger charge is 2.36. The molecule has 0 unspecified atom stereocenters. The van der Waals surface area contributed by atoms with Crippen LogP contribution in [0.1, 0.15) is 32.4 Å². The molecule has 0 bridgehead atoms. The number of piperazine rings is 1. The Hall–Kier alpha value is -0.890. The van der Waals surface area contributed by atoms with E-state index >= 15 is 0 Å². The van der Waals surface area contributed by atoms with Gasteiger partial charge in [0.15, 0.2) is 0 Å². The summed E-state index contributed by atoms with van der Waals surface area (Å²) >= 11 is 0. The predicted octanol–water partition coefficient (Wildman–Crippen LogP) is 4.43. The van der Waals surface area contributed by atoms with Crippen molar-refractivity contribution in [2.75, 3.05) is 33.3 Å². The van der Waals surface area contributed by atoms with E-state index in [1.807, 2.05) is 0 Å². The lowest BCUT2D eigenvalue weighted by Gasteiger charge is -2.43. The molecule has 0 aromatic heterocycles. The van der Waals surface area contributed by atoms with Crippen molar-refractivity contribution >= 4 is 24.8 Å². The number of halogens is 5. The van der Waals surface area contributed by atoms with Crippen LogP contribution in [0.3, 0.4) is 0 Å². The largest absolute Gasteiger partial charge is 0.573 e. The second-order valence-corrected chi connectivity index (χ2v) is 7.01. The first-order valence-electron chi connectivity index (χ1n) is 8.00. The first-order chi connectivity index (χ1) is 11.1. The molecule has 4 nitrogen and oxygen atoms in total. The van der Waals surface area contributed by atoms with Crippen LogP contribution in [0.25, 0.3) is 0 Å². The minimum absolute atomic E-state index is 0. The molecule has 152 valence electrons. The molecule has 0 radical (unpaired) electrons. The van der Waals surface area contributed by atoms with Crippen LogP contribution in [0.4, 0.5) is 13.2 Å². The van der Waals surface area contributed by atoms with Crippen LogP contribution in [-0.4, -0.2) is 44.6 Å². The third kappa shape index (κ3) is 6.68. The SMILES string of the molecule is COc1ccc(OC(F)(F)F)cc1[C@@H](N1CCNCC1)C(C)(C)C.Cl.Cl. The molecule has 1 aliphatic heterocycles. The van der Waals surface area contributed by atoms with Crippen LogP contribution >= 0.6 is 24.8 Å². The zero-order valence-electron chi connectivity index (χ0n) is 15.4. The van der Waals surface area contributed by atoms with Gasteiger partial charge in [-0.1, -0.05) is 20.8 Å². The number of benzene rings is 1. The molecule has 1 N–H and O–H groups in total. The molecule has 0 aliphatic carbocycles. The Morgan fingerprint density at radius 2 is 1.65 bits per heavy atom. The zero-order chi connectivity index (χ0) is 18.0. The molecule has 1 atom stereocenters. The Bertz CT molecular complexity index is 560. The number of hydrogen-bond donors (Lipinski definition) is 1. The van der Waals surface area contributed by atoms with E-state index in [1.54, 1.807) is 0 Å². The zero-order valence-corrected chi connectivity index (χ0v) is 17.0. The summed E-state index contributed by atoms with van der Waals surface area (Å²) in [6.07, 6.45) is -4.71. The van der Waals surface area contributed by atoms with Crippen molar-refractivity contribution in [3.8, 4) is 11.5 Å². The van der Waals surface area contributed by atoms with Gasteiger partial charge in [0.2, 0.25) is 0 Å². The first kappa shape index (κ1) is 25.1. The van der Waals surface area contributed by atoms with Crippen LogP contribution in [0.15, 0.2) is 18.2 Å². The maximum absolute atomic E-state index is 12.6. The number of methoxy groups -OCH3 is 1. The quantitative estimate of drug-likeness (QED) is 0.783. The van der Waals surface area contributed by atoms with E-state index in [0.29, 0.717) is 11.3 Å². The number of nitrogens with zero attached hydrogens (tertiary/aromatic N) is 1. The van der Waals surface area contributed by atoms with E-state index in [2.05, 4.69) is 35.7 Å². The highest BCUT2D eigenvalue weighted by atomic mass is 35.5. The summed E-state index contributed by atoms with van der Waals surface area (Å²) < 4.78 is 47.2. The lowest BCUT2D eigenvalue weighted by molar-refractivity contribution is -0.274. The second-order valence-electron chi connectivity index (χ2n) is 7.01. The molecular weight excluding hydrogens is 392 g/mol. The molecule has 1 heterocycles. The summed E-state index contributed by atoms with van der Waals surface area (Å²) in [4.78, 5) is 2.28. The first-order valence-corrected chi connectivity index (χ1v) is 8.00. The van der Waals surface area contributed by atoms with Crippen LogP contribution in [0, 0.1) is 5.41 Å². The fraction of sp³-hybridized carbons (Fsp3) is 0.647. The third-order valence-electron chi connectivity index (χ3n) is 4.07. The summed E-state index contributed by atoms with van der Waals surface area (Å²) in [6.45, 7) is 9.61. The average Bonchev–Trinajstić information content (AvgIpc) is 2.46. The van der Waals surface area contributed by atoms with E-state index in [9.17, 15) is 13.2 Å². The van der Waals surface area contributed by atoms with Crippen LogP contribution in [0.5, 0.6) is 11.5 Å². The van der Waals surface area contributed by atoms with Crippen molar-refractivity contribution in [1.82, 2.24) is 10.2 Å². The smallest absolute Gasteiger partial charge is 0.496 e. The van der Waals surface area contributed by atoms with E-state index in [-0.39, 0.29) is 42.0 Å². The van der Waals surface area contributed by atoms with Gasteiger partial charge in [-0.3, -0.25) is 4.90 Å². The van der Waals surface area contributed by atoms with Crippen molar-refractivity contribution < 1.29 is 22.6 Å². The number of nitrogens with one attached hydrogen (secondary N) is 1. The van der Waals surface area contributed by atoms with Gasteiger partial charge in [-0.2, -0.15) is 0 Å². The van der Waals surface area contributed by atoms with Crippen LogP contribution < -0.4 is 14.8 Å². The van der Waals surface area contributed by atoms with E-state index in [4.69, 9.17) is 4.74 Å². The van der Waals surface area contributed by atoms with Crippen LogP contribution in [0.2, 0.25) is 0 Å². The van der Waals surface area contributed by atoms with Gasteiger partial charge < -0.3 is 14.8 Å². The van der Waals surface area contributed by atoms with Gasteiger partial charge in [-0.15, -0.1) is 38.0 Å². The predicted molar refractivity (Wildman–Crippen MR) is 101 cm³/mol. The molecule has 0 saturated carbocycles. The number of hydrogen-bond acceptors (Lipinski definition) is 4. The normalized spacial score (nSPS) is 16.9. The molecule has 1 aliphatic rings. The van der Waals surface area contributed by atoms with Crippen LogP contribution in [-0.2, 0) is 0 Å². The fourth-order valence-electron chi connectivity index (χ4n) is 3.27. The van der Waals surface area contributed by atoms with E-state index in [1.165, 1.54) is 25.3 Å². The molecule has 1 fully saturated rings. The Kier molecular flexibility index (Phi) is 9.54. The van der Waals surface area contributed by atoms with Crippen molar-refractivity contribution in [2.45, 2.75) is 33.2 Å².